The predicted molar refractivity (Wildman–Crippen MR) is 151 cm³/mol. The first-order chi connectivity index (χ1) is 18.9. The monoisotopic (exact) mass is 557 g/mol. The lowest BCUT2D eigenvalue weighted by atomic mass is 9.82. The van der Waals surface area contributed by atoms with E-state index in [4.69, 9.17) is 4.74 Å². The van der Waals surface area contributed by atoms with Crippen LogP contribution in [-0.2, 0) is 14.4 Å². The Balaban J connectivity index is 1.34. The van der Waals surface area contributed by atoms with E-state index >= 15 is 0 Å². The van der Waals surface area contributed by atoms with Gasteiger partial charge in [-0.2, -0.15) is 0 Å². The Bertz CT molecular complexity index is 1650. The summed E-state index contributed by atoms with van der Waals surface area (Å²) in [7, 11) is 0. The van der Waals surface area contributed by atoms with Crippen LogP contribution in [0.3, 0.4) is 0 Å². The molecule has 0 radical (unpaired) electrons. The summed E-state index contributed by atoms with van der Waals surface area (Å²) in [5.41, 5.74) is 2.78. The summed E-state index contributed by atoms with van der Waals surface area (Å²) in [4.78, 5) is 57.0. The summed E-state index contributed by atoms with van der Waals surface area (Å²) < 4.78 is 6.00. The van der Waals surface area contributed by atoms with Crippen LogP contribution in [0.4, 0.5) is 11.4 Å². The van der Waals surface area contributed by atoms with Gasteiger partial charge in [-0.1, -0.05) is 77.7 Å². The Kier molecular flexibility index (Phi) is 6.58. The van der Waals surface area contributed by atoms with Gasteiger partial charge in [0.15, 0.2) is 6.61 Å². The van der Waals surface area contributed by atoms with E-state index < -0.39 is 17.1 Å². The quantitative estimate of drug-likeness (QED) is 0.337. The first kappa shape index (κ1) is 25.1. The number of hydrogen-bond donors (Lipinski definition) is 2. The second-order valence-corrected chi connectivity index (χ2v) is 11.5. The van der Waals surface area contributed by atoms with Crippen molar-refractivity contribution in [3.8, 4) is 5.75 Å². The van der Waals surface area contributed by atoms with E-state index in [0.717, 1.165) is 16.9 Å². The van der Waals surface area contributed by atoms with Gasteiger partial charge in [-0.3, -0.25) is 19.2 Å². The third kappa shape index (κ3) is 4.55. The van der Waals surface area contributed by atoms with Crippen LogP contribution in [0.5, 0.6) is 5.75 Å². The van der Waals surface area contributed by atoms with Gasteiger partial charge in [-0.25, -0.2) is 4.90 Å². The highest BCUT2D eigenvalue weighted by atomic mass is 32.2. The zero-order valence-electron chi connectivity index (χ0n) is 20.7. The molecule has 8 nitrogen and oxygen atoms in total. The van der Waals surface area contributed by atoms with E-state index in [-0.39, 0.29) is 29.2 Å². The molecule has 1 fully saturated rings. The van der Waals surface area contributed by atoms with Gasteiger partial charge < -0.3 is 15.0 Å². The van der Waals surface area contributed by atoms with Crippen LogP contribution in [0.2, 0.25) is 0 Å². The molecule has 6 rings (SSSR count). The van der Waals surface area contributed by atoms with Crippen LogP contribution < -0.4 is 19.8 Å². The molecule has 0 spiro atoms. The number of para-hydroxylation sites is 3. The van der Waals surface area contributed by atoms with Crippen LogP contribution in [0.1, 0.15) is 21.9 Å². The highest BCUT2D eigenvalue weighted by Gasteiger charge is 2.56. The first-order valence-corrected chi connectivity index (χ1v) is 14.0. The van der Waals surface area contributed by atoms with E-state index in [9.17, 15) is 19.2 Å². The van der Waals surface area contributed by atoms with Gasteiger partial charge in [0.05, 0.1) is 16.6 Å². The molecule has 0 unspecified atom stereocenters. The molecule has 3 aromatic carbocycles. The van der Waals surface area contributed by atoms with Crippen molar-refractivity contribution in [3.05, 3.63) is 105 Å². The van der Waals surface area contributed by atoms with Crippen molar-refractivity contribution < 1.29 is 19.1 Å². The number of thiazole rings is 1. The van der Waals surface area contributed by atoms with Crippen molar-refractivity contribution in [1.29, 1.82) is 0 Å². The van der Waals surface area contributed by atoms with E-state index in [1.165, 1.54) is 16.7 Å². The van der Waals surface area contributed by atoms with Crippen LogP contribution in [0.25, 0.3) is 0 Å². The van der Waals surface area contributed by atoms with Crippen LogP contribution in [-0.4, -0.2) is 34.6 Å². The Morgan fingerprint density at radius 2 is 1.67 bits per heavy atom. The fourth-order valence-corrected chi connectivity index (χ4v) is 7.60. The van der Waals surface area contributed by atoms with Crippen molar-refractivity contribution >= 4 is 52.2 Å². The van der Waals surface area contributed by atoms with E-state index in [1.807, 2.05) is 49.4 Å². The predicted octanol–water partition coefficient (Wildman–Crippen LogP) is 4.56. The molecule has 39 heavy (non-hydrogen) atoms. The van der Waals surface area contributed by atoms with Gasteiger partial charge in [-0.15, -0.1) is 0 Å². The molecule has 196 valence electrons. The molecular weight excluding hydrogens is 534 g/mol. The molecule has 2 aliphatic rings. The number of carbonyl (C=O) groups excluding carboxylic acids is 3. The summed E-state index contributed by atoms with van der Waals surface area (Å²) in [5.74, 6) is -1.90. The fraction of sp³-hybridized carbons (Fsp3) is 0.172. The minimum Gasteiger partial charge on any atom is -0.483 e. The minimum atomic E-state index is -0.743. The highest BCUT2D eigenvalue weighted by molar-refractivity contribution is 8.00. The maximum absolute atomic E-state index is 13.9. The molecule has 3 heterocycles. The summed E-state index contributed by atoms with van der Waals surface area (Å²) in [6.07, 6.45) is 0. The van der Waals surface area contributed by atoms with Crippen molar-refractivity contribution in [1.82, 2.24) is 4.98 Å². The summed E-state index contributed by atoms with van der Waals surface area (Å²) in [5, 5.41) is 2.73. The van der Waals surface area contributed by atoms with Crippen molar-refractivity contribution in [3.63, 3.8) is 0 Å². The van der Waals surface area contributed by atoms with Gasteiger partial charge in [0.2, 0.25) is 11.8 Å². The minimum absolute atomic E-state index is 0.250. The second-order valence-electron chi connectivity index (χ2n) is 9.29. The molecule has 1 saturated heterocycles. The molecule has 0 saturated carbocycles. The normalized spacial score (nSPS) is 19.9. The lowest BCUT2D eigenvalue weighted by Gasteiger charge is -2.30. The Morgan fingerprint density at radius 1 is 0.949 bits per heavy atom. The molecule has 0 bridgehead atoms. The maximum Gasteiger partial charge on any atom is 0.305 e. The number of nitrogens with one attached hydrogen (secondary N) is 2. The van der Waals surface area contributed by atoms with Gasteiger partial charge in [0.25, 0.3) is 5.91 Å². The van der Waals surface area contributed by atoms with E-state index in [2.05, 4.69) is 10.3 Å². The Labute approximate surface area is 232 Å². The molecular formula is C29H23N3O5S2. The highest BCUT2D eigenvalue weighted by Crippen LogP contribution is 2.54. The fourth-order valence-electron chi connectivity index (χ4n) is 5.10. The van der Waals surface area contributed by atoms with Crippen LogP contribution in [0, 0.1) is 12.8 Å². The SMILES string of the molecule is Cc1ccccc1NC(=O)COc1ccccc1[C@@H]1c2sc(=O)[nH]c2S[C@H]2C(=O)N(c3ccccc3)C(=O)[C@@H]12. The number of amides is 3. The number of aromatic nitrogens is 1. The topological polar surface area (TPSA) is 109 Å². The third-order valence-corrected chi connectivity index (χ3v) is 9.27. The number of imide groups is 1. The van der Waals surface area contributed by atoms with E-state index in [1.54, 1.807) is 36.4 Å². The molecule has 1 aromatic heterocycles. The summed E-state index contributed by atoms with van der Waals surface area (Å²) >= 11 is 2.25. The van der Waals surface area contributed by atoms with Crippen molar-refractivity contribution in [2.24, 2.45) is 5.92 Å². The lowest BCUT2D eigenvalue weighted by Crippen LogP contribution is -2.32. The lowest BCUT2D eigenvalue weighted by molar-refractivity contribution is -0.122. The number of nitrogens with zero attached hydrogens (tertiary/aromatic N) is 1. The van der Waals surface area contributed by atoms with Gasteiger partial charge >= 0.3 is 4.87 Å². The largest absolute Gasteiger partial charge is 0.483 e. The van der Waals surface area contributed by atoms with Crippen LogP contribution in [0.15, 0.2) is 88.7 Å². The second kappa shape index (κ2) is 10.2. The molecule has 2 aliphatic heterocycles. The van der Waals surface area contributed by atoms with Crippen molar-refractivity contribution in [2.75, 3.05) is 16.8 Å². The van der Waals surface area contributed by atoms with Gasteiger partial charge in [-0.05, 0) is 36.8 Å². The smallest absolute Gasteiger partial charge is 0.305 e. The average molecular weight is 558 g/mol. The standard InChI is InChI=1S/C29H23N3O5S2/c1-16-9-5-7-13-19(16)30-21(33)15-37-20-14-8-6-12-18(20)22-23-25(38-26-24(22)39-29(36)31-26)28(35)32(27(23)34)17-10-3-2-4-11-17/h2-14,22-23,25H,15H2,1H3,(H,30,33)(H,31,36)/t22-,23-,25+/m0/s1. The Hall–Kier alpha value is -4.15. The Morgan fingerprint density at radius 3 is 2.46 bits per heavy atom. The zero-order valence-corrected chi connectivity index (χ0v) is 22.4. The summed E-state index contributed by atoms with van der Waals surface area (Å²) in [6, 6.07) is 23.5. The third-order valence-electron chi connectivity index (χ3n) is 6.87. The molecule has 3 atom stereocenters. The number of rotatable bonds is 6. The van der Waals surface area contributed by atoms with Gasteiger partial charge in [0, 0.05) is 22.0 Å². The number of benzene rings is 3. The number of fused-ring (bicyclic) bond motifs is 2. The number of aromatic amines is 1. The molecule has 4 aromatic rings. The number of H-pyrrole nitrogens is 1. The number of hydrogen-bond acceptors (Lipinski definition) is 7. The van der Waals surface area contributed by atoms with E-state index in [0.29, 0.717) is 32.6 Å². The molecule has 0 aliphatic carbocycles. The number of anilines is 2. The van der Waals surface area contributed by atoms with Gasteiger partial charge in [0.1, 0.15) is 11.0 Å². The summed E-state index contributed by atoms with van der Waals surface area (Å²) in [6.45, 7) is 1.65. The maximum atomic E-state index is 13.9. The molecule has 2 N–H and O–H groups in total. The number of ether oxygens (including phenoxy) is 1. The zero-order chi connectivity index (χ0) is 27.1. The van der Waals surface area contributed by atoms with Crippen molar-refractivity contribution in [2.45, 2.75) is 23.1 Å². The number of aryl methyl sites for hydroxylation is 1. The number of carbonyl (C=O) groups is 3. The molecule has 10 heteroatoms. The molecule has 3 amide bonds. The first-order valence-electron chi connectivity index (χ1n) is 12.3. The average Bonchev–Trinajstić information content (AvgIpc) is 3.43. The van der Waals surface area contributed by atoms with Crippen LogP contribution >= 0.6 is 23.1 Å². The number of thioether (sulfide) groups is 1.